The van der Waals surface area contributed by atoms with Gasteiger partial charge in [-0.15, -0.1) is 0 Å². The number of benzene rings is 2. The van der Waals surface area contributed by atoms with Crippen molar-refractivity contribution in [2.45, 2.75) is 10.9 Å². The zero-order chi connectivity index (χ0) is 13.2. The van der Waals surface area contributed by atoms with Crippen LogP contribution < -0.4 is 5.43 Å². The van der Waals surface area contributed by atoms with E-state index in [1.165, 1.54) is 5.56 Å². The van der Waals surface area contributed by atoms with E-state index in [1.54, 1.807) is 0 Å². The van der Waals surface area contributed by atoms with Crippen molar-refractivity contribution in [2.75, 3.05) is 0 Å². The molecule has 0 saturated carbocycles. The maximum absolute atomic E-state index is 5.91. The standard InChI is InChI=1S/C15H12BrClN2/c16-13-14(10-4-2-1-3-5-10)18-19-15(13)11-6-8-12(17)9-7-11/h1-9,13-14,18H. The van der Waals surface area contributed by atoms with E-state index < -0.39 is 0 Å². The zero-order valence-corrected chi connectivity index (χ0v) is 12.4. The molecular formula is C15H12BrClN2. The van der Waals surface area contributed by atoms with Gasteiger partial charge in [-0.3, -0.25) is 0 Å². The van der Waals surface area contributed by atoms with Gasteiger partial charge in [-0.05, 0) is 23.3 Å². The fourth-order valence-corrected chi connectivity index (χ4v) is 3.09. The van der Waals surface area contributed by atoms with E-state index in [9.17, 15) is 0 Å². The molecule has 1 N–H and O–H groups in total. The van der Waals surface area contributed by atoms with Gasteiger partial charge in [0.25, 0.3) is 0 Å². The molecule has 2 nitrogen and oxygen atoms in total. The number of nitrogens with one attached hydrogen (secondary N) is 1. The summed E-state index contributed by atoms with van der Waals surface area (Å²) in [6, 6.07) is 18.2. The molecule has 0 aliphatic carbocycles. The Bertz CT molecular complexity index is 595. The molecule has 2 aromatic carbocycles. The number of nitrogens with zero attached hydrogens (tertiary/aromatic N) is 1. The summed E-state index contributed by atoms with van der Waals surface area (Å²) in [5, 5.41) is 5.19. The second-order valence-corrected chi connectivity index (χ2v) is 5.85. The van der Waals surface area contributed by atoms with Crippen LogP contribution in [0.2, 0.25) is 5.02 Å². The minimum atomic E-state index is 0.149. The molecular weight excluding hydrogens is 324 g/mol. The van der Waals surface area contributed by atoms with Crippen molar-refractivity contribution in [3.05, 3.63) is 70.7 Å². The fourth-order valence-electron chi connectivity index (χ4n) is 2.17. The van der Waals surface area contributed by atoms with E-state index in [0.29, 0.717) is 0 Å². The van der Waals surface area contributed by atoms with Crippen LogP contribution in [0.25, 0.3) is 0 Å². The summed E-state index contributed by atoms with van der Waals surface area (Å²) in [6.45, 7) is 0. The molecule has 0 aromatic heterocycles. The highest BCUT2D eigenvalue weighted by atomic mass is 79.9. The highest BCUT2D eigenvalue weighted by Crippen LogP contribution is 2.30. The Morgan fingerprint density at radius 1 is 1.00 bits per heavy atom. The van der Waals surface area contributed by atoms with Crippen LogP contribution >= 0.6 is 27.5 Å². The third-order valence-corrected chi connectivity index (χ3v) is 4.39. The average Bonchev–Trinajstić information content (AvgIpc) is 2.83. The summed E-state index contributed by atoms with van der Waals surface area (Å²) in [4.78, 5) is 0.149. The Labute approximate surface area is 125 Å². The Hall–Kier alpha value is -1.32. The lowest BCUT2D eigenvalue weighted by atomic mass is 9.99. The number of rotatable bonds is 2. The van der Waals surface area contributed by atoms with Gasteiger partial charge in [0.05, 0.1) is 16.6 Å². The van der Waals surface area contributed by atoms with Gasteiger partial charge in [0.2, 0.25) is 0 Å². The second kappa shape index (κ2) is 5.35. The van der Waals surface area contributed by atoms with Crippen LogP contribution in [0.1, 0.15) is 17.2 Å². The van der Waals surface area contributed by atoms with Crippen LogP contribution in [0, 0.1) is 0 Å². The van der Waals surface area contributed by atoms with E-state index in [2.05, 4.69) is 38.6 Å². The predicted octanol–water partition coefficient (Wildman–Crippen LogP) is 4.15. The molecule has 0 radical (unpaired) electrons. The van der Waals surface area contributed by atoms with Gasteiger partial charge in [-0.1, -0.05) is 70.0 Å². The predicted molar refractivity (Wildman–Crippen MR) is 83.0 cm³/mol. The van der Waals surface area contributed by atoms with Gasteiger partial charge in [0.15, 0.2) is 0 Å². The molecule has 2 aromatic rings. The molecule has 0 fully saturated rings. The largest absolute Gasteiger partial charge is 0.301 e. The Balaban J connectivity index is 1.85. The van der Waals surface area contributed by atoms with Crippen molar-refractivity contribution in [1.82, 2.24) is 5.43 Å². The van der Waals surface area contributed by atoms with E-state index in [1.807, 2.05) is 42.5 Å². The molecule has 0 spiro atoms. The topological polar surface area (TPSA) is 24.4 Å². The number of hydrogen-bond acceptors (Lipinski definition) is 2. The van der Waals surface area contributed by atoms with Gasteiger partial charge >= 0.3 is 0 Å². The number of hydrogen-bond donors (Lipinski definition) is 1. The van der Waals surface area contributed by atoms with Crippen molar-refractivity contribution in [2.24, 2.45) is 5.10 Å². The van der Waals surface area contributed by atoms with E-state index >= 15 is 0 Å². The van der Waals surface area contributed by atoms with Gasteiger partial charge in [0.1, 0.15) is 0 Å². The first-order chi connectivity index (χ1) is 9.25. The van der Waals surface area contributed by atoms with Gasteiger partial charge in [-0.25, -0.2) is 0 Å². The Kier molecular flexibility index (Phi) is 3.58. The lowest BCUT2D eigenvalue weighted by Crippen LogP contribution is -2.21. The van der Waals surface area contributed by atoms with E-state index in [4.69, 9.17) is 11.6 Å². The second-order valence-electron chi connectivity index (χ2n) is 4.42. The van der Waals surface area contributed by atoms with E-state index in [0.717, 1.165) is 16.3 Å². The summed E-state index contributed by atoms with van der Waals surface area (Å²) in [5.74, 6) is 0. The van der Waals surface area contributed by atoms with Crippen molar-refractivity contribution >= 4 is 33.2 Å². The Morgan fingerprint density at radius 2 is 1.68 bits per heavy atom. The summed E-state index contributed by atoms with van der Waals surface area (Å²) in [6.07, 6.45) is 0. The van der Waals surface area contributed by atoms with Crippen LogP contribution in [0.15, 0.2) is 59.7 Å². The van der Waals surface area contributed by atoms with Crippen molar-refractivity contribution in [1.29, 1.82) is 0 Å². The summed E-state index contributed by atoms with van der Waals surface area (Å²) in [5.41, 5.74) is 6.50. The number of hydrazone groups is 1. The maximum Gasteiger partial charge on any atom is 0.0871 e. The first-order valence-corrected chi connectivity index (χ1v) is 7.33. The minimum absolute atomic E-state index is 0.149. The molecule has 4 heteroatoms. The van der Waals surface area contributed by atoms with Gasteiger partial charge in [0, 0.05) is 5.02 Å². The molecule has 0 bridgehead atoms. The molecule has 2 atom stereocenters. The molecule has 96 valence electrons. The minimum Gasteiger partial charge on any atom is -0.301 e. The third-order valence-electron chi connectivity index (χ3n) is 3.18. The number of alkyl halides is 1. The highest BCUT2D eigenvalue weighted by Gasteiger charge is 2.31. The molecule has 0 saturated heterocycles. The Morgan fingerprint density at radius 3 is 2.37 bits per heavy atom. The molecule has 1 aliphatic rings. The third kappa shape index (κ3) is 2.53. The van der Waals surface area contributed by atoms with Crippen molar-refractivity contribution in [3.8, 4) is 0 Å². The molecule has 1 heterocycles. The zero-order valence-electron chi connectivity index (χ0n) is 10.1. The van der Waals surface area contributed by atoms with Crippen LogP contribution in [0.5, 0.6) is 0 Å². The molecule has 1 aliphatic heterocycles. The van der Waals surface area contributed by atoms with Crippen molar-refractivity contribution in [3.63, 3.8) is 0 Å². The summed E-state index contributed by atoms with van der Waals surface area (Å²) >= 11 is 9.65. The van der Waals surface area contributed by atoms with Crippen LogP contribution in [-0.4, -0.2) is 10.5 Å². The first kappa shape index (κ1) is 12.7. The fraction of sp³-hybridized carbons (Fsp3) is 0.133. The smallest absolute Gasteiger partial charge is 0.0871 e. The lowest BCUT2D eigenvalue weighted by molar-refractivity contribution is 0.631. The molecule has 2 unspecified atom stereocenters. The summed E-state index contributed by atoms with van der Waals surface area (Å²) < 4.78 is 0. The monoisotopic (exact) mass is 334 g/mol. The van der Waals surface area contributed by atoms with Crippen molar-refractivity contribution < 1.29 is 0 Å². The van der Waals surface area contributed by atoms with Crippen LogP contribution in [0.3, 0.4) is 0 Å². The number of halogens is 2. The molecule has 19 heavy (non-hydrogen) atoms. The summed E-state index contributed by atoms with van der Waals surface area (Å²) in [7, 11) is 0. The van der Waals surface area contributed by atoms with Gasteiger partial charge < -0.3 is 5.43 Å². The lowest BCUT2D eigenvalue weighted by Gasteiger charge is -2.15. The van der Waals surface area contributed by atoms with E-state index in [-0.39, 0.29) is 10.9 Å². The quantitative estimate of drug-likeness (QED) is 0.819. The highest BCUT2D eigenvalue weighted by molar-refractivity contribution is 9.10. The van der Waals surface area contributed by atoms with Crippen LogP contribution in [-0.2, 0) is 0 Å². The average molecular weight is 336 g/mol. The molecule has 3 rings (SSSR count). The SMILES string of the molecule is Clc1ccc(C2=NNC(c3ccccc3)C2Br)cc1. The first-order valence-electron chi connectivity index (χ1n) is 6.04. The maximum atomic E-state index is 5.91. The normalized spacial score (nSPS) is 21.9. The molecule has 0 amide bonds. The van der Waals surface area contributed by atoms with Gasteiger partial charge in [-0.2, -0.15) is 5.10 Å². The van der Waals surface area contributed by atoms with Crippen LogP contribution in [0.4, 0.5) is 0 Å².